The maximum absolute atomic E-state index is 13.4. The summed E-state index contributed by atoms with van der Waals surface area (Å²) in [5, 5.41) is 0. The van der Waals surface area contributed by atoms with Crippen molar-refractivity contribution in [2.45, 2.75) is 19.1 Å². The highest BCUT2D eigenvalue weighted by molar-refractivity contribution is 5.79. The molecule has 0 bridgehead atoms. The Kier molecular flexibility index (Phi) is 6.48. The average molecular weight is 420 g/mol. The molecular weight excluding hydrogens is 395 g/mol. The lowest BCUT2D eigenvalue weighted by molar-refractivity contribution is -0.135. The van der Waals surface area contributed by atoms with Gasteiger partial charge in [-0.2, -0.15) is 0 Å². The van der Waals surface area contributed by atoms with E-state index in [9.17, 15) is 9.18 Å². The van der Waals surface area contributed by atoms with Gasteiger partial charge in [-0.25, -0.2) is 4.39 Å². The molecular formula is C25H25FN2O3. The molecule has 1 atom stereocenters. The molecule has 160 valence electrons. The molecule has 3 aromatic rings. The van der Waals surface area contributed by atoms with Gasteiger partial charge in [0.05, 0.1) is 32.5 Å². The first kappa shape index (κ1) is 20.9. The summed E-state index contributed by atoms with van der Waals surface area (Å²) in [4.78, 5) is 17.3. The van der Waals surface area contributed by atoms with Gasteiger partial charge in [-0.05, 0) is 47.5 Å². The summed E-state index contributed by atoms with van der Waals surface area (Å²) in [5.74, 6) is 1.29. The van der Waals surface area contributed by atoms with E-state index in [1.54, 1.807) is 25.5 Å². The summed E-state index contributed by atoms with van der Waals surface area (Å²) in [6.07, 6.45) is 5.77. The van der Waals surface area contributed by atoms with Gasteiger partial charge < -0.3 is 14.1 Å². The molecule has 4 rings (SSSR count). The lowest BCUT2D eigenvalue weighted by Crippen LogP contribution is -2.42. The number of furan rings is 1. The van der Waals surface area contributed by atoms with Crippen LogP contribution in [0.1, 0.15) is 22.9 Å². The van der Waals surface area contributed by atoms with Gasteiger partial charge in [-0.1, -0.05) is 36.4 Å². The SMILES string of the molecule is COc1ccc([C@H]2/C=C\CN(Cc3ccco3)CC(=O)N2Cc2ccc(F)cc2)cc1. The third kappa shape index (κ3) is 5.22. The van der Waals surface area contributed by atoms with Crippen LogP contribution in [0, 0.1) is 5.82 Å². The zero-order valence-corrected chi connectivity index (χ0v) is 17.4. The molecule has 1 amide bonds. The van der Waals surface area contributed by atoms with Crippen LogP contribution in [0.3, 0.4) is 0 Å². The molecule has 2 heterocycles. The van der Waals surface area contributed by atoms with Gasteiger partial charge >= 0.3 is 0 Å². The van der Waals surface area contributed by atoms with Gasteiger partial charge in [0.15, 0.2) is 0 Å². The first-order valence-corrected chi connectivity index (χ1v) is 10.2. The Bertz CT molecular complexity index is 1010. The van der Waals surface area contributed by atoms with E-state index in [1.807, 2.05) is 46.2 Å². The highest BCUT2D eigenvalue weighted by Gasteiger charge is 2.27. The van der Waals surface area contributed by atoms with E-state index < -0.39 is 0 Å². The topological polar surface area (TPSA) is 45.9 Å². The predicted molar refractivity (Wildman–Crippen MR) is 116 cm³/mol. The molecule has 0 radical (unpaired) electrons. The van der Waals surface area contributed by atoms with Crippen LogP contribution >= 0.6 is 0 Å². The standard InChI is InChI=1S/C25H25FN2O3/c1-30-22-12-8-20(9-13-22)24-5-2-14-27(17-23-4-3-15-31-23)18-25(29)28(24)16-19-6-10-21(26)11-7-19/h2-13,15,24H,14,16-18H2,1H3/b5-2-/t24-/m1/s1. The Morgan fingerprint density at radius 1 is 1.06 bits per heavy atom. The minimum absolute atomic E-state index is 0.000971. The molecule has 0 saturated carbocycles. The smallest absolute Gasteiger partial charge is 0.237 e. The van der Waals surface area contributed by atoms with Gasteiger partial charge in [-0.15, -0.1) is 0 Å². The Balaban J connectivity index is 1.63. The minimum atomic E-state index is -0.293. The summed E-state index contributed by atoms with van der Waals surface area (Å²) in [6, 6.07) is 17.5. The molecule has 1 aliphatic heterocycles. The van der Waals surface area contributed by atoms with E-state index in [0.29, 0.717) is 19.6 Å². The fraction of sp³-hybridized carbons (Fsp3) is 0.240. The van der Waals surface area contributed by atoms with Gasteiger partial charge in [-0.3, -0.25) is 9.69 Å². The molecule has 1 aliphatic rings. The van der Waals surface area contributed by atoms with Gasteiger partial charge in [0.1, 0.15) is 17.3 Å². The molecule has 0 saturated heterocycles. The van der Waals surface area contributed by atoms with Crippen LogP contribution in [0.25, 0.3) is 0 Å². The van der Waals surface area contributed by atoms with Crippen molar-refractivity contribution in [3.05, 3.63) is 102 Å². The summed E-state index contributed by atoms with van der Waals surface area (Å²) in [6.45, 7) is 1.85. The number of hydrogen-bond donors (Lipinski definition) is 0. The molecule has 6 heteroatoms. The van der Waals surface area contributed by atoms with Crippen LogP contribution in [0.2, 0.25) is 0 Å². The summed E-state index contributed by atoms with van der Waals surface area (Å²) in [5.41, 5.74) is 1.87. The number of rotatable bonds is 6. The second-order valence-corrected chi connectivity index (χ2v) is 7.54. The fourth-order valence-electron chi connectivity index (χ4n) is 3.75. The van der Waals surface area contributed by atoms with E-state index >= 15 is 0 Å². The molecule has 2 aromatic carbocycles. The zero-order valence-electron chi connectivity index (χ0n) is 17.4. The minimum Gasteiger partial charge on any atom is -0.497 e. The molecule has 0 spiro atoms. The molecule has 0 N–H and O–H groups in total. The zero-order chi connectivity index (χ0) is 21.6. The first-order valence-electron chi connectivity index (χ1n) is 10.2. The second kappa shape index (κ2) is 9.62. The Hall–Kier alpha value is -3.38. The number of amides is 1. The highest BCUT2D eigenvalue weighted by atomic mass is 19.1. The third-order valence-corrected chi connectivity index (χ3v) is 5.38. The number of halogens is 1. The number of nitrogens with zero attached hydrogens (tertiary/aromatic N) is 2. The number of benzene rings is 2. The van der Waals surface area contributed by atoms with E-state index in [0.717, 1.165) is 22.6 Å². The van der Waals surface area contributed by atoms with Crippen molar-refractivity contribution in [2.24, 2.45) is 0 Å². The summed E-state index contributed by atoms with van der Waals surface area (Å²) in [7, 11) is 1.63. The van der Waals surface area contributed by atoms with Gasteiger partial charge in [0, 0.05) is 13.1 Å². The van der Waals surface area contributed by atoms with Crippen molar-refractivity contribution >= 4 is 5.91 Å². The van der Waals surface area contributed by atoms with Gasteiger partial charge in [0.2, 0.25) is 5.91 Å². The number of carbonyl (C=O) groups is 1. The Morgan fingerprint density at radius 2 is 1.84 bits per heavy atom. The number of methoxy groups -OCH3 is 1. The summed E-state index contributed by atoms with van der Waals surface area (Å²) >= 11 is 0. The first-order chi connectivity index (χ1) is 15.1. The van der Waals surface area contributed by atoms with E-state index in [-0.39, 0.29) is 24.3 Å². The van der Waals surface area contributed by atoms with Crippen molar-refractivity contribution in [3.63, 3.8) is 0 Å². The lowest BCUT2D eigenvalue weighted by atomic mass is 10.0. The second-order valence-electron chi connectivity index (χ2n) is 7.54. The number of carbonyl (C=O) groups excluding carboxylic acids is 1. The molecule has 5 nitrogen and oxygen atoms in total. The average Bonchev–Trinajstić information content (AvgIpc) is 3.29. The van der Waals surface area contributed by atoms with Crippen molar-refractivity contribution < 1.29 is 18.3 Å². The molecule has 1 aromatic heterocycles. The van der Waals surface area contributed by atoms with Crippen molar-refractivity contribution in [2.75, 3.05) is 20.2 Å². The van der Waals surface area contributed by atoms with E-state index in [1.165, 1.54) is 12.1 Å². The number of ether oxygens (including phenoxy) is 1. The van der Waals surface area contributed by atoms with Crippen LogP contribution in [0.5, 0.6) is 5.75 Å². The van der Waals surface area contributed by atoms with Crippen LogP contribution in [0.15, 0.2) is 83.5 Å². The van der Waals surface area contributed by atoms with Crippen LogP contribution in [-0.2, 0) is 17.9 Å². The van der Waals surface area contributed by atoms with Crippen LogP contribution in [0.4, 0.5) is 4.39 Å². The maximum Gasteiger partial charge on any atom is 0.237 e. The van der Waals surface area contributed by atoms with Gasteiger partial charge in [0.25, 0.3) is 0 Å². The van der Waals surface area contributed by atoms with E-state index in [4.69, 9.17) is 9.15 Å². The molecule has 0 aliphatic carbocycles. The fourth-order valence-corrected chi connectivity index (χ4v) is 3.75. The predicted octanol–water partition coefficient (Wildman–Crippen LogP) is 4.57. The summed E-state index contributed by atoms with van der Waals surface area (Å²) < 4.78 is 24.1. The number of hydrogen-bond acceptors (Lipinski definition) is 4. The lowest BCUT2D eigenvalue weighted by Gasteiger charge is -2.34. The maximum atomic E-state index is 13.4. The molecule has 0 fully saturated rings. The largest absolute Gasteiger partial charge is 0.497 e. The third-order valence-electron chi connectivity index (χ3n) is 5.38. The van der Waals surface area contributed by atoms with Crippen molar-refractivity contribution in [3.8, 4) is 5.75 Å². The normalized spacial score (nSPS) is 18.5. The molecule has 0 unspecified atom stereocenters. The van der Waals surface area contributed by atoms with Crippen molar-refractivity contribution in [1.29, 1.82) is 0 Å². The Morgan fingerprint density at radius 3 is 2.52 bits per heavy atom. The highest BCUT2D eigenvalue weighted by Crippen LogP contribution is 2.28. The van der Waals surface area contributed by atoms with E-state index in [2.05, 4.69) is 12.2 Å². The Labute approximate surface area is 181 Å². The van der Waals surface area contributed by atoms with Crippen LogP contribution in [-0.4, -0.2) is 35.9 Å². The molecule has 31 heavy (non-hydrogen) atoms. The van der Waals surface area contributed by atoms with Crippen molar-refractivity contribution in [1.82, 2.24) is 9.80 Å². The van der Waals surface area contributed by atoms with Crippen LogP contribution < -0.4 is 4.74 Å². The quantitative estimate of drug-likeness (QED) is 0.548. The monoisotopic (exact) mass is 420 g/mol.